The highest BCUT2D eigenvalue weighted by atomic mass is 14.8. The summed E-state index contributed by atoms with van der Waals surface area (Å²) in [5.74, 6) is 0.342. The van der Waals surface area contributed by atoms with Gasteiger partial charge in [0.15, 0.2) is 0 Å². The number of nitriles is 1. The SMILES string of the molecule is C/C=C(CC)\C(=C\C(C#N)=C(C)C(C)C)N=CN. The van der Waals surface area contributed by atoms with Crippen molar-refractivity contribution in [3.8, 4) is 6.07 Å². The molecule has 0 saturated heterocycles. The Labute approximate surface area is 110 Å². The molecule has 0 radical (unpaired) electrons. The molecule has 0 aliphatic heterocycles. The quantitative estimate of drug-likeness (QED) is 0.347. The molecule has 0 aliphatic carbocycles. The van der Waals surface area contributed by atoms with Gasteiger partial charge in [0.25, 0.3) is 0 Å². The zero-order valence-corrected chi connectivity index (χ0v) is 12.0. The maximum Gasteiger partial charge on any atom is 0.0991 e. The van der Waals surface area contributed by atoms with E-state index < -0.39 is 0 Å². The average Bonchev–Trinajstić information content (AvgIpc) is 2.36. The van der Waals surface area contributed by atoms with Gasteiger partial charge in [-0.15, -0.1) is 0 Å². The summed E-state index contributed by atoms with van der Waals surface area (Å²) in [6, 6.07) is 2.24. The Morgan fingerprint density at radius 3 is 2.39 bits per heavy atom. The fraction of sp³-hybridized carbons (Fsp3) is 0.467. The fourth-order valence-corrected chi connectivity index (χ4v) is 1.51. The van der Waals surface area contributed by atoms with E-state index >= 15 is 0 Å². The minimum absolute atomic E-state index is 0.342. The van der Waals surface area contributed by atoms with Crippen LogP contribution in [0.4, 0.5) is 0 Å². The molecular formula is C15H23N3. The number of nitrogens with zero attached hydrogens (tertiary/aromatic N) is 2. The minimum atomic E-state index is 0.342. The predicted molar refractivity (Wildman–Crippen MR) is 78.0 cm³/mol. The molecule has 0 unspecified atom stereocenters. The third-order valence-electron chi connectivity index (χ3n) is 2.96. The van der Waals surface area contributed by atoms with Crippen LogP contribution in [0.15, 0.2) is 39.6 Å². The molecule has 98 valence electrons. The molecule has 3 nitrogen and oxygen atoms in total. The molecule has 0 bridgehead atoms. The van der Waals surface area contributed by atoms with Crippen molar-refractivity contribution in [3.05, 3.63) is 34.6 Å². The Hall–Kier alpha value is -1.82. The standard InChI is InChI=1S/C15H23N3/c1-6-13(7-2)15(18-10-17)8-14(9-16)12(5)11(3)4/h6,8,10-11H,7H2,1-5H3,(H2,17,18)/b13-6-,14-12?,15-8-. The Balaban J connectivity index is 5.70. The van der Waals surface area contributed by atoms with Crippen molar-refractivity contribution >= 4 is 6.34 Å². The maximum absolute atomic E-state index is 9.23. The largest absolute Gasteiger partial charge is 0.390 e. The Kier molecular flexibility index (Phi) is 7.46. The number of aliphatic imine (C=N–C) groups is 1. The molecule has 2 N–H and O–H groups in total. The summed E-state index contributed by atoms with van der Waals surface area (Å²) in [4.78, 5) is 4.16. The molecule has 0 rings (SSSR count). The molecule has 0 saturated carbocycles. The molecule has 0 heterocycles. The molecule has 18 heavy (non-hydrogen) atoms. The summed E-state index contributed by atoms with van der Waals surface area (Å²) in [6.45, 7) is 10.1. The van der Waals surface area contributed by atoms with Crippen LogP contribution in [-0.2, 0) is 0 Å². The summed E-state index contributed by atoms with van der Waals surface area (Å²) in [6.07, 6.45) is 5.94. The molecular weight excluding hydrogens is 222 g/mol. The second-order valence-corrected chi connectivity index (χ2v) is 4.34. The summed E-state index contributed by atoms with van der Waals surface area (Å²) < 4.78 is 0. The van der Waals surface area contributed by atoms with Crippen LogP contribution >= 0.6 is 0 Å². The second-order valence-electron chi connectivity index (χ2n) is 4.34. The Morgan fingerprint density at radius 2 is 2.06 bits per heavy atom. The van der Waals surface area contributed by atoms with Gasteiger partial charge in [-0.05, 0) is 37.8 Å². The van der Waals surface area contributed by atoms with Crippen LogP contribution in [-0.4, -0.2) is 6.34 Å². The molecule has 0 aliphatic rings. The van der Waals surface area contributed by atoms with Crippen LogP contribution in [0.3, 0.4) is 0 Å². The molecule has 0 atom stereocenters. The third kappa shape index (κ3) is 4.58. The van der Waals surface area contributed by atoms with E-state index in [2.05, 4.69) is 31.8 Å². The highest BCUT2D eigenvalue weighted by molar-refractivity contribution is 5.57. The number of hydrogen-bond acceptors (Lipinski definition) is 2. The van der Waals surface area contributed by atoms with Gasteiger partial charge in [0.05, 0.1) is 23.7 Å². The topological polar surface area (TPSA) is 62.2 Å². The lowest BCUT2D eigenvalue weighted by molar-refractivity contribution is 0.764. The Bertz CT molecular complexity index is 429. The van der Waals surface area contributed by atoms with Gasteiger partial charge in [0.2, 0.25) is 0 Å². The predicted octanol–water partition coefficient (Wildman–Crippen LogP) is 3.71. The smallest absolute Gasteiger partial charge is 0.0991 e. The van der Waals surface area contributed by atoms with Gasteiger partial charge in [0, 0.05) is 0 Å². The first-order valence-corrected chi connectivity index (χ1v) is 6.24. The monoisotopic (exact) mass is 245 g/mol. The molecule has 0 aromatic carbocycles. The van der Waals surface area contributed by atoms with Gasteiger partial charge in [-0.25, -0.2) is 4.99 Å². The van der Waals surface area contributed by atoms with Crippen LogP contribution in [0.1, 0.15) is 41.0 Å². The van der Waals surface area contributed by atoms with E-state index in [-0.39, 0.29) is 0 Å². The lowest BCUT2D eigenvalue weighted by Gasteiger charge is -2.08. The summed E-state index contributed by atoms with van der Waals surface area (Å²) in [7, 11) is 0. The van der Waals surface area contributed by atoms with Crippen LogP contribution in [0.2, 0.25) is 0 Å². The van der Waals surface area contributed by atoms with Crippen LogP contribution in [0.5, 0.6) is 0 Å². The number of nitrogens with two attached hydrogens (primary N) is 1. The minimum Gasteiger partial charge on any atom is -0.390 e. The van der Waals surface area contributed by atoms with E-state index in [0.717, 1.165) is 23.3 Å². The van der Waals surface area contributed by atoms with Gasteiger partial charge in [-0.2, -0.15) is 5.26 Å². The first kappa shape index (κ1) is 16.2. The van der Waals surface area contributed by atoms with E-state index in [0.29, 0.717) is 11.5 Å². The molecule has 0 amide bonds. The van der Waals surface area contributed by atoms with Crippen molar-refractivity contribution in [1.82, 2.24) is 0 Å². The zero-order valence-electron chi connectivity index (χ0n) is 12.0. The van der Waals surface area contributed by atoms with Crippen molar-refractivity contribution in [1.29, 1.82) is 5.26 Å². The van der Waals surface area contributed by atoms with Crippen molar-refractivity contribution in [2.45, 2.75) is 41.0 Å². The molecule has 3 heteroatoms. The lowest BCUT2D eigenvalue weighted by Crippen LogP contribution is -1.97. The average molecular weight is 245 g/mol. The van der Waals surface area contributed by atoms with Crippen LogP contribution in [0, 0.1) is 17.2 Å². The molecule has 0 fully saturated rings. The van der Waals surface area contributed by atoms with E-state index in [1.165, 1.54) is 6.34 Å². The van der Waals surface area contributed by atoms with Gasteiger partial charge >= 0.3 is 0 Å². The highest BCUT2D eigenvalue weighted by Gasteiger charge is 2.07. The van der Waals surface area contributed by atoms with Crippen molar-refractivity contribution < 1.29 is 0 Å². The first-order chi connectivity index (χ1) is 8.51. The van der Waals surface area contributed by atoms with E-state index in [4.69, 9.17) is 5.73 Å². The lowest BCUT2D eigenvalue weighted by atomic mass is 9.97. The van der Waals surface area contributed by atoms with E-state index in [1.807, 2.05) is 26.0 Å². The normalized spacial score (nSPS) is 14.9. The van der Waals surface area contributed by atoms with Gasteiger partial charge in [0.1, 0.15) is 0 Å². The number of rotatable bonds is 5. The summed E-state index contributed by atoms with van der Waals surface area (Å²) in [5.41, 5.74) is 8.95. The van der Waals surface area contributed by atoms with Crippen LogP contribution < -0.4 is 5.73 Å². The van der Waals surface area contributed by atoms with Crippen LogP contribution in [0.25, 0.3) is 0 Å². The fourth-order valence-electron chi connectivity index (χ4n) is 1.51. The summed E-state index contributed by atoms with van der Waals surface area (Å²) in [5, 5.41) is 9.23. The maximum atomic E-state index is 9.23. The van der Waals surface area contributed by atoms with Crippen molar-refractivity contribution in [2.24, 2.45) is 16.6 Å². The second kappa shape index (κ2) is 8.30. The number of allylic oxidation sites excluding steroid dienone is 5. The van der Waals surface area contributed by atoms with E-state index in [9.17, 15) is 5.26 Å². The van der Waals surface area contributed by atoms with Gasteiger partial charge in [-0.1, -0.05) is 32.4 Å². The molecule has 0 aromatic rings. The Morgan fingerprint density at radius 1 is 1.44 bits per heavy atom. The third-order valence-corrected chi connectivity index (χ3v) is 2.96. The van der Waals surface area contributed by atoms with Crippen molar-refractivity contribution in [2.75, 3.05) is 0 Å². The number of hydrogen-bond donors (Lipinski definition) is 1. The van der Waals surface area contributed by atoms with E-state index in [1.54, 1.807) is 0 Å². The van der Waals surface area contributed by atoms with Gasteiger partial charge < -0.3 is 5.73 Å². The molecule has 0 spiro atoms. The highest BCUT2D eigenvalue weighted by Crippen LogP contribution is 2.21. The van der Waals surface area contributed by atoms with Crippen molar-refractivity contribution in [3.63, 3.8) is 0 Å². The zero-order chi connectivity index (χ0) is 14.1. The first-order valence-electron chi connectivity index (χ1n) is 6.24. The van der Waals surface area contributed by atoms with Gasteiger partial charge in [-0.3, -0.25) is 0 Å². The summed E-state index contributed by atoms with van der Waals surface area (Å²) >= 11 is 0. The molecule has 0 aromatic heterocycles.